The highest BCUT2D eigenvalue weighted by atomic mass is 32.1. The lowest BCUT2D eigenvalue weighted by molar-refractivity contribution is -0.121. The molecule has 3 N–H and O–H groups in total. The number of nitrogens with zero attached hydrogens (tertiary/aromatic N) is 3. The van der Waals surface area contributed by atoms with E-state index < -0.39 is 0 Å². The molecule has 166 valence electrons. The summed E-state index contributed by atoms with van der Waals surface area (Å²) in [5.74, 6) is -0.554. The normalized spacial score (nSPS) is 15.6. The van der Waals surface area contributed by atoms with Gasteiger partial charge in [0.25, 0.3) is 5.91 Å². The van der Waals surface area contributed by atoms with Crippen LogP contribution in [0.2, 0.25) is 0 Å². The third kappa shape index (κ3) is 4.75. The first-order chi connectivity index (χ1) is 15.4. The van der Waals surface area contributed by atoms with E-state index in [4.69, 9.17) is 5.73 Å². The maximum atomic E-state index is 13.2. The number of thiazole rings is 1. The summed E-state index contributed by atoms with van der Waals surface area (Å²) in [7, 11) is 3.84. The van der Waals surface area contributed by atoms with Crippen LogP contribution in [0.1, 0.15) is 22.3 Å². The highest BCUT2D eigenvalue weighted by molar-refractivity contribution is 7.13. The van der Waals surface area contributed by atoms with Gasteiger partial charge < -0.3 is 20.9 Å². The summed E-state index contributed by atoms with van der Waals surface area (Å²) in [6.45, 7) is 1.75. The molecule has 1 aromatic heterocycles. The zero-order valence-corrected chi connectivity index (χ0v) is 19.1. The molecule has 7 nitrogen and oxygen atoms in total. The minimum absolute atomic E-state index is 0.138. The molecule has 1 aliphatic heterocycles. The average Bonchev–Trinajstić information content (AvgIpc) is 3.50. The minimum atomic E-state index is -0.268. The first-order valence-electron chi connectivity index (χ1n) is 10.5. The van der Waals surface area contributed by atoms with Gasteiger partial charge in [0.1, 0.15) is 5.01 Å². The Labute approximate surface area is 191 Å². The van der Waals surface area contributed by atoms with Crippen LogP contribution in [0.4, 0.5) is 11.4 Å². The van der Waals surface area contributed by atoms with Gasteiger partial charge in [-0.2, -0.15) is 0 Å². The molecule has 1 saturated heterocycles. The van der Waals surface area contributed by atoms with Crippen LogP contribution in [0.25, 0.3) is 10.6 Å². The third-order valence-electron chi connectivity index (χ3n) is 5.72. The second-order valence-corrected chi connectivity index (χ2v) is 9.04. The molecule has 4 rings (SSSR count). The number of amides is 2. The van der Waals surface area contributed by atoms with E-state index in [1.807, 2.05) is 60.8 Å². The number of nitrogens with one attached hydrogen (secondary N) is 1. The number of primary amides is 1. The van der Waals surface area contributed by atoms with Crippen LogP contribution in [0, 0.1) is 5.92 Å². The van der Waals surface area contributed by atoms with E-state index in [0.717, 1.165) is 40.5 Å². The standard InChI is InChI=1S/C24H27N5O2S/c1-28(2)21-7-6-19(29-10-8-18(15-29)22(25)30)13-20(21)23(31)27-14-16-4-3-5-17(12-16)24-26-9-11-32-24/h3-7,9,11-13,18H,8,10,14-15H2,1-2H3,(H2,25,30)(H,27,31). The lowest BCUT2D eigenvalue weighted by Crippen LogP contribution is -2.28. The lowest BCUT2D eigenvalue weighted by Gasteiger charge is -2.23. The molecule has 0 spiro atoms. The highest BCUT2D eigenvalue weighted by Crippen LogP contribution is 2.29. The van der Waals surface area contributed by atoms with Crippen molar-refractivity contribution in [1.29, 1.82) is 0 Å². The van der Waals surface area contributed by atoms with Crippen LogP contribution in [-0.2, 0) is 11.3 Å². The van der Waals surface area contributed by atoms with Gasteiger partial charge in [0.05, 0.1) is 11.5 Å². The lowest BCUT2D eigenvalue weighted by atomic mass is 10.1. The van der Waals surface area contributed by atoms with Crippen LogP contribution in [0.3, 0.4) is 0 Å². The molecule has 0 bridgehead atoms. The number of nitrogens with two attached hydrogens (primary N) is 1. The van der Waals surface area contributed by atoms with E-state index in [1.165, 1.54) is 0 Å². The fraction of sp³-hybridized carbons (Fsp3) is 0.292. The predicted molar refractivity (Wildman–Crippen MR) is 129 cm³/mol. The van der Waals surface area contributed by atoms with Crippen molar-refractivity contribution in [1.82, 2.24) is 10.3 Å². The fourth-order valence-corrected chi connectivity index (χ4v) is 4.61. The van der Waals surface area contributed by atoms with Crippen molar-refractivity contribution >= 4 is 34.5 Å². The molecule has 1 fully saturated rings. The second kappa shape index (κ2) is 9.40. The second-order valence-electron chi connectivity index (χ2n) is 8.15. The average molecular weight is 450 g/mol. The highest BCUT2D eigenvalue weighted by Gasteiger charge is 2.27. The molecule has 2 aromatic carbocycles. The van der Waals surface area contributed by atoms with Gasteiger partial charge in [0.2, 0.25) is 5.91 Å². The summed E-state index contributed by atoms with van der Waals surface area (Å²) >= 11 is 1.59. The van der Waals surface area contributed by atoms with Crippen molar-refractivity contribution in [2.24, 2.45) is 11.7 Å². The monoisotopic (exact) mass is 449 g/mol. The maximum absolute atomic E-state index is 13.2. The molecule has 2 heterocycles. The van der Waals surface area contributed by atoms with Crippen molar-refractivity contribution in [3.8, 4) is 10.6 Å². The number of hydrogen-bond acceptors (Lipinski definition) is 6. The van der Waals surface area contributed by atoms with Crippen molar-refractivity contribution in [3.63, 3.8) is 0 Å². The summed E-state index contributed by atoms with van der Waals surface area (Å²) in [5, 5.41) is 5.96. The number of benzene rings is 2. The molecule has 3 aromatic rings. The molecule has 0 aliphatic carbocycles. The van der Waals surface area contributed by atoms with Gasteiger partial charge in [-0.15, -0.1) is 11.3 Å². The van der Waals surface area contributed by atoms with Gasteiger partial charge in [-0.25, -0.2) is 4.98 Å². The van der Waals surface area contributed by atoms with Crippen molar-refractivity contribution in [3.05, 3.63) is 65.2 Å². The Morgan fingerprint density at radius 1 is 1.25 bits per heavy atom. The van der Waals surface area contributed by atoms with Gasteiger partial charge >= 0.3 is 0 Å². The van der Waals surface area contributed by atoms with Gasteiger partial charge in [-0.05, 0) is 36.2 Å². The number of anilines is 2. The topological polar surface area (TPSA) is 91.6 Å². The van der Waals surface area contributed by atoms with Gasteiger partial charge in [-0.3, -0.25) is 9.59 Å². The fourth-order valence-electron chi connectivity index (χ4n) is 3.98. The predicted octanol–water partition coefficient (Wildman–Crippen LogP) is 3.12. The summed E-state index contributed by atoms with van der Waals surface area (Å²) in [6, 6.07) is 13.9. The molecular formula is C24H27N5O2S. The first kappa shape index (κ1) is 21.8. The summed E-state index contributed by atoms with van der Waals surface area (Å²) in [5.41, 5.74) is 9.90. The Kier molecular flexibility index (Phi) is 6.41. The SMILES string of the molecule is CN(C)c1ccc(N2CCC(C(N)=O)C2)cc1C(=O)NCc1cccc(-c2nccs2)c1. The molecule has 1 atom stereocenters. The molecule has 32 heavy (non-hydrogen) atoms. The quantitative estimate of drug-likeness (QED) is 0.578. The van der Waals surface area contributed by atoms with Gasteiger partial charge in [0.15, 0.2) is 0 Å². The van der Waals surface area contributed by atoms with E-state index in [1.54, 1.807) is 17.5 Å². The van der Waals surface area contributed by atoms with E-state index in [9.17, 15) is 9.59 Å². The number of carbonyl (C=O) groups is 2. The van der Waals surface area contributed by atoms with Crippen LogP contribution in [0.15, 0.2) is 54.0 Å². The molecule has 1 aliphatic rings. The van der Waals surface area contributed by atoms with Crippen molar-refractivity contribution in [2.75, 3.05) is 37.0 Å². The largest absolute Gasteiger partial charge is 0.377 e. The summed E-state index contributed by atoms with van der Waals surface area (Å²) in [4.78, 5) is 33.1. The summed E-state index contributed by atoms with van der Waals surface area (Å²) in [6.07, 6.45) is 2.53. The summed E-state index contributed by atoms with van der Waals surface area (Å²) < 4.78 is 0. The van der Waals surface area contributed by atoms with Crippen LogP contribution in [-0.4, -0.2) is 44.0 Å². The Morgan fingerprint density at radius 2 is 2.09 bits per heavy atom. The molecule has 0 radical (unpaired) electrons. The number of aromatic nitrogens is 1. The maximum Gasteiger partial charge on any atom is 0.253 e. The van der Waals surface area contributed by atoms with E-state index in [-0.39, 0.29) is 17.7 Å². The van der Waals surface area contributed by atoms with Gasteiger partial charge in [-0.1, -0.05) is 18.2 Å². The van der Waals surface area contributed by atoms with Crippen LogP contribution < -0.4 is 20.9 Å². The number of hydrogen-bond donors (Lipinski definition) is 2. The van der Waals surface area contributed by atoms with E-state index in [2.05, 4.69) is 21.3 Å². The van der Waals surface area contributed by atoms with E-state index in [0.29, 0.717) is 18.7 Å². The van der Waals surface area contributed by atoms with Crippen molar-refractivity contribution in [2.45, 2.75) is 13.0 Å². The Morgan fingerprint density at radius 3 is 2.78 bits per heavy atom. The third-order valence-corrected chi connectivity index (χ3v) is 6.54. The Balaban J connectivity index is 1.51. The molecule has 2 amide bonds. The minimum Gasteiger partial charge on any atom is -0.377 e. The van der Waals surface area contributed by atoms with E-state index >= 15 is 0 Å². The Hall–Kier alpha value is -3.39. The first-order valence-corrected chi connectivity index (χ1v) is 11.4. The van der Waals surface area contributed by atoms with Gasteiger partial charge in [0, 0.05) is 62.2 Å². The zero-order chi connectivity index (χ0) is 22.7. The van der Waals surface area contributed by atoms with Crippen molar-refractivity contribution < 1.29 is 9.59 Å². The smallest absolute Gasteiger partial charge is 0.253 e. The van der Waals surface area contributed by atoms with Crippen LogP contribution in [0.5, 0.6) is 0 Å². The molecule has 1 unspecified atom stereocenters. The number of carbonyl (C=O) groups excluding carboxylic acids is 2. The Bertz CT molecular complexity index is 1110. The zero-order valence-electron chi connectivity index (χ0n) is 18.2. The molecule has 8 heteroatoms. The van der Waals surface area contributed by atoms with Crippen LogP contribution >= 0.6 is 11.3 Å². The molecular weight excluding hydrogens is 422 g/mol. The molecule has 0 saturated carbocycles. The number of rotatable bonds is 7.